The molecule has 0 saturated carbocycles. The number of rotatable bonds is 5. The van der Waals surface area contributed by atoms with Crippen molar-refractivity contribution < 1.29 is 9.18 Å². The van der Waals surface area contributed by atoms with Gasteiger partial charge in [0, 0.05) is 36.2 Å². The van der Waals surface area contributed by atoms with Crippen molar-refractivity contribution in [2.75, 3.05) is 6.54 Å². The van der Waals surface area contributed by atoms with E-state index in [1.165, 1.54) is 12.1 Å². The normalized spacial score (nSPS) is 11.1. The minimum atomic E-state index is -0.287. The summed E-state index contributed by atoms with van der Waals surface area (Å²) in [5.41, 5.74) is 3.94. The van der Waals surface area contributed by atoms with Gasteiger partial charge in [-0.1, -0.05) is 6.07 Å². The molecule has 4 rings (SSSR count). The lowest BCUT2D eigenvalue weighted by Crippen LogP contribution is -2.26. The Morgan fingerprint density at radius 2 is 1.89 bits per heavy atom. The maximum atomic E-state index is 13.2. The van der Waals surface area contributed by atoms with Gasteiger partial charge in [0.2, 0.25) is 0 Å². The largest absolute Gasteiger partial charge is 0.352 e. The summed E-state index contributed by atoms with van der Waals surface area (Å²) in [6, 6.07) is 13.8. The van der Waals surface area contributed by atoms with Crippen LogP contribution in [-0.2, 0) is 6.42 Å². The summed E-state index contributed by atoms with van der Waals surface area (Å²) in [5.74, 6) is 0.369. The molecule has 3 aromatic heterocycles. The molecular weight excluding hydrogens is 357 g/mol. The predicted molar refractivity (Wildman–Crippen MR) is 104 cm³/mol. The van der Waals surface area contributed by atoms with Crippen molar-refractivity contribution in [1.29, 1.82) is 0 Å². The topological polar surface area (TPSA) is 64.2 Å². The molecule has 0 fully saturated rings. The molecule has 0 aliphatic heterocycles. The Bertz CT molecular complexity index is 1140. The van der Waals surface area contributed by atoms with E-state index in [1.807, 2.05) is 53.3 Å². The van der Waals surface area contributed by atoms with Gasteiger partial charge in [-0.05, 0) is 56.3 Å². The number of carbonyl (C=O) groups excluding carboxylic acids is 1. The molecule has 1 amide bonds. The van der Waals surface area contributed by atoms with Gasteiger partial charge in [-0.3, -0.25) is 9.20 Å². The number of aryl methyl sites for hydroxylation is 1. The third-order valence-corrected chi connectivity index (χ3v) is 4.78. The first-order valence-corrected chi connectivity index (χ1v) is 9.06. The summed E-state index contributed by atoms with van der Waals surface area (Å²) in [5, 5.41) is 11.2. The van der Waals surface area contributed by atoms with Crippen LogP contribution >= 0.6 is 0 Å². The second-order valence-corrected chi connectivity index (χ2v) is 6.65. The molecule has 4 aromatic rings. The number of pyridine rings is 1. The van der Waals surface area contributed by atoms with Crippen LogP contribution in [0.15, 0.2) is 54.7 Å². The van der Waals surface area contributed by atoms with Gasteiger partial charge in [-0.25, -0.2) is 4.39 Å². The Kier molecular flexibility index (Phi) is 4.65. The minimum absolute atomic E-state index is 0.143. The monoisotopic (exact) mass is 377 g/mol. The first-order chi connectivity index (χ1) is 13.5. The molecule has 0 bridgehead atoms. The second-order valence-electron chi connectivity index (χ2n) is 6.65. The Labute approximate surface area is 161 Å². The van der Waals surface area contributed by atoms with Gasteiger partial charge >= 0.3 is 0 Å². The summed E-state index contributed by atoms with van der Waals surface area (Å²) in [4.78, 5) is 12.7. The van der Waals surface area contributed by atoms with E-state index in [-0.39, 0.29) is 11.7 Å². The first kappa shape index (κ1) is 17.9. The highest BCUT2D eigenvalue weighted by Gasteiger charge is 2.16. The number of aromatic nitrogens is 4. The molecule has 0 unspecified atom stereocenters. The molecule has 0 aliphatic rings. The molecule has 0 atom stereocenters. The average molecular weight is 377 g/mol. The third-order valence-electron chi connectivity index (χ3n) is 4.78. The van der Waals surface area contributed by atoms with Gasteiger partial charge in [0.25, 0.3) is 5.91 Å². The fourth-order valence-corrected chi connectivity index (χ4v) is 3.42. The highest BCUT2D eigenvalue weighted by Crippen LogP contribution is 2.21. The maximum Gasteiger partial charge on any atom is 0.253 e. The number of carbonyl (C=O) groups is 1. The van der Waals surface area contributed by atoms with Crippen LogP contribution in [0.3, 0.4) is 0 Å². The van der Waals surface area contributed by atoms with E-state index < -0.39 is 0 Å². The highest BCUT2D eigenvalue weighted by molar-refractivity contribution is 5.95. The quantitative estimate of drug-likeness (QED) is 0.581. The van der Waals surface area contributed by atoms with Gasteiger partial charge in [-0.15, -0.1) is 10.2 Å². The van der Waals surface area contributed by atoms with Crippen LogP contribution < -0.4 is 5.32 Å². The lowest BCUT2D eigenvalue weighted by molar-refractivity contribution is 0.0953. The number of nitrogens with one attached hydrogen (secondary N) is 1. The number of benzene rings is 1. The zero-order valence-electron chi connectivity index (χ0n) is 15.7. The molecule has 28 heavy (non-hydrogen) atoms. The van der Waals surface area contributed by atoms with Crippen LogP contribution in [-0.4, -0.2) is 31.6 Å². The molecule has 1 N–H and O–H groups in total. The van der Waals surface area contributed by atoms with Gasteiger partial charge in [0.1, 0.15) is 11.6 Å². The minimum Gasteiger partial charge on any atom is -0.352 e. The standard InChI is InChI=1S/C21H20FN5O/c1-14-13-18(15(2)27(14)17-8-6-16(22)7-9-17)21(28)23-11-10-20-25-24-19-5-3-4-12-26(19)20/h3-9,12-13H,10-11H2,1-2H3,(H,23,28). The summed E-state index contributed by atoms with van der Waals surface area (Å²) in [7, 11) is 0. The van der Waals surface area contributed by atoms with E-state index in [0.29, 0.717) is 18.5 Å². The SMILES string of the molecule is Cc1cc(C(=O)NCCc2nnc3ccccn23)c(C)n1-c1ccc(F)cc1. The van der Waals surface area contributed by atoms with Crippen LogP contribution in [0.2, 0.25) is 0 Å². The number of hydrogen-bond donors (Lipinski definition) is 1. The van der Waals surface area contributed by atoms with Crippen molar-refractivity contribution in [3.8, 4) is 5.69 Å². The summed E-state index contributed by atoms with van der Waals surface area (Å²) >= 11 is 0. The van der Waals surface area contributed by atoms with Gasteiger partial charge in [-0.2, -0.15) is 0 Å². The zero-order chi connectivity index (χ0) is 19.7. The summed E-state index contributed by atoms with van der Waals surface area (Å²) < 4.78 is 17.1. The zero-order valence-corrected chi connectivity index (χ0v) is 15.7. The van der Waals surface area contributed by atoms with Crippen LogP contribution in [0.4, 0.5) is 4.39 Å². The van der Waals surface area contributed by atoms with Crippen molar-refractivity contribution in [1.82, 2.24) is 24.5 Å². The van der Waals surface area contributed by atoms with E-state index in [1.54, 1.807) is 12.1 Å². The molecule has 1 aromatic carbocycles. The van der Waals surface area contributed by atoms with E-state index >= 15 is 0 Å². The molecule has 7 heteroatoms. The first-order valence-electron chi connectivity index (χ1n) is 9.06. The molecule has 3 heterocycles. The fourth-order valence-electron chi connectivity index (χ4n) is 3.42. The molecule has 0 saturated heterocycles. The number of fused-ring (bicyclic) bond motifs is 1. The van der Waals surface area contributed by atoms with Crippen LogP contribution in [0, 0.1) is 19.7 Å². The number of halogens is 1. The van der Waals surface area contributed by atoms with Crippen molar-refractivity contribution in [3.63, 3.8) is 0 Å². The van der Waals surface area contributed by atoms with Crippen LogP contribution in [0.25, 0.3) is 11.3 Å². The number of hydrogen-bond acceptors (Lipinski definition) is 3. The van der Waals surface area contributed by atoms with E-state index in [4.69, 9.17) is 0 Å². The number of amides is 1. The number of nitrogens with zero attached hydrogens (tertiary/aromatic N) is 4. The van der Waals surface area contributed by atoms with E-state index in [2.05, 4.69) is 15.5 Å². The summed E-state index contributed by atoms with van der Waals surface area (Å²) in [6.45, 7) is 4.27. The molecule has 142 valence electrons. The third kappa shape index (κ3) is 3.26. The van der Waals surface area contributed by atoms with Gasteiger partial charge < -0.3 is 9.88 Å². The summed E-state index contributed by atoms with van der Waals surface area (Å²) in [6.07, 6.45) is 2.48. The van der Waals surface area contributed by atoms with Crippen molar-refractivity contribution in [2.24, 2.45) is 0 Å². The molecule has 6 nitrogen and oxygen atoms in total. The van der Waals surface area contributed by atoms with Crippen LogP contribution in [0.5, 0.6) is 0 Å². The van der Waals surface area contributed by atoms with Gasteiger partial charge in [0.05, 0.1) is 5.56 Å². The highest BCUT2D eigenvalue weighted by atomic mass is 19.1. The van der Waals surface area contributed by atoms with Crippen molar-refractivity contribution in [3.05, 3.63) is 83.3 Å². The Balaban J connectivity index is 1.48. The van der Waals surface area contributed by atoms with Crippen molar-refractivity contribution >= 4 is 11.6 Å². The Hall–Kier alpha value is -3.48. The second kappa shape index (κ2) is 7.26. The molecule has 0 aliphatic carbocycles. The van der Waals surface area contributed by atoms with Crippen molar-refractivity contribution in [2.45, 2.75) is 20.3 Å². The van der Waals surface area contributed by atoms with E-state index in [0.717, 1.165) is 28.5 Å². The molecule has 0 radical (unpaired) electrons. The smallest absolute Gasteiger partial charge is 0.253 e. The van der Waals surface area contributed by atoms with Crippen LogP contribution in [0.1, 0.15) is 27.6 Å². The van der Waals surface area contributed by atoms with Gasteiger partial charge in [0.15, 0.2) is 5.65 Å². The Morgan fingerprint density at radius 3 is 2.68 bits per heavy atom. The maximum absolute atomic E-state index is 13.2. The Morgan fingerprint density at radius 1 is 1.11 bits per heavy atom. The molecular formula is C21H20FN5O. The lowest BCUT2D eigenvalue weighted by atomic mass is 10.2. The average Bonchev–Trinajstić information content (AvgIpc) is 3.23. The lowest BCUT2D eigenvalue weighted by Gasteiger charge is -2.10. The predicted octanol–water partition coefficient (Wildman–Crippen LogP) is 3.25. The molecule has 0 spiro atoms. The fraction of sp³-hybridized carbons (Fsp3) is 0.190. The van der Waals surface area contributed by atoms with E-state index in [9.17, 15) is 9.18 Å².